The summed E-state index contributed by atoms with van der Waals surface area (Å²) in [7, 11) is 1.57. The maximum atomic E-state index is 9.51. The van der Waals surface area contributed by atoms with E-state index >= 15 is 0 Å². The lowest BCUT2D eigenvalue weighted by Crippen LogP contribution is -2.24. The summed E-state index contributed by atoms with van der Waals surface area (Å²) in [6.07, 6.45) is 0. The maximum Gasteiger partial charge on any atom is 0.160 e. The van der Waals surface area contributed by atoms with Crippen molar-refractivity contribution < 1.29 is 9.84 Å². The number of phenols is 1. The normalized spacial score (nSPS) is 11.9. The fourth-order valence-electron chi connectivity index (χ4n) is 1.41. The standard InChI is InChI=1S/C13H20O2/c1-9(2)13(3,4)10-6-7-11(14)12(8-10)15-5/h6-9,14H,1-5H3. The molecule has 1 aromatic rings. The van der Waals surface area contributed by atoms with Crippen molar-refractivity contribution in [3.8, 4) is 11.5 Å². The van der Waals surface area contributed by atoms with Crippen molar-refractivity contribution in [2.75, 3.05) is 7.11 Å². The van der Waals surface area contributed by atoms with Crippen LogP contribution in [-0.4, -0.2) is 12.2 Å². The fraction of sp³-hybridized carbons (Fsp3) is 0.538. The number of methoxy groups -OCH3 is 1. The van der Waals surface area contributed by atoms with E-state index in [0.717, 1.165) is 0 Å². The van der Waals surface area contributed by atoms with E-state index < -0.39 is 0 Å². The van der Waals surface area contributed by atoms with Crippen LogP contribution in [0.15, 0.2) is 18.2 Å². The van der Waals surface area contributed by atoms with E-state index in [1.54, 1.807) is 13.2 Å². The smallest absolute Gasteiger partial charge is 0.160 e. The van der Waals surface area contributed by atoms with Gasteiger partial charge in [0.25, 0.3) is 0 Å². The first kappa shape index (κ1) is 11.9. The molecule has 0 atom stereocenters. The molecule has 0 radical (unpaired) electrons. The van der Waals surface area contributed by atoms with Crippen LogP contribution < -0.4 is 4.74 Å². The molecule has 2 nitrogen and oxygen atoms in total. The van der Waals surface area contributed by atoms with Gasteiger partial charge in [0.15, 0.2) is 11.5 Å². The third-order valence-electron chi connectivity index (χ3n) is 3.37. The molecule has 0 saturated heterocycles. The summed E-state index contributed by atoms with van der Waals surface area (Å²) in [5.41, 5.74) is 1.27. The van der Waals surface area contributed by atoms with Gasteiger partial charge in [-0.2, -0.15) is 0 Å². The van der Waals surface area contributed by atoms with Gasteiger partial charge in [0.1, 0.15) is 0 Å². The predicted molar refractivity (Wildman–Crippen MR) is 62.5 cm³/mol. The lowest BCUT2D eigenvalue weighted by molar-refractivity contribution is 0.356. The quantitative estimate of drug-likeness (QED) is 0.825. The number of aromatic hydroxyl groups is 1. The highest BCUT2D eigenvalue weighted by Gasteiger charge is 2.25. The molecule has 0 aliphatic carbocycles. The lowest BCUT2D eigenvalue weighted by Gasteiger charge is -2.30. The summed E-state index contributed by atoms with van der Waals surface area (Å²) in [6.45, 7) is 8.78. The Hall–Kier alpha value is -1.18. The van der Waals surface area contributed by atoms with Crippen LogP contribution in [-0.2, 0) is 5.41 Å². The van der Waals surface area contributed by atoms with Gasteiger partial charge in [0.05, 0.1) is 7.11 Å². The number of hydrogen-bond acceptors (Lipinski definition) is 2. The Bertz CT molecular complexity index is 340. The molecule has 1 rings (SSSR count). The Balaban J connectivity index is 3.16. The monoisotopic (exact) mass is 208 g/mol. The van der Waals surface area contributed by atoms with Crippen molar-refractivity contribution in [3.63, 3.8) is 0 Å². The second kappa shape index (κ2) is 4.13. The molecule has 1 N–H and O–H groups in total. The molecular formula is C13H20O2. The third kappa shape index (κ3) is 2.25. The highest BCUT2D eigenvalue weighted by molar-refractivity contribution is 5.44. The Kier molecular flexibility index (Phi) is 3.28. The van der Waals surface area contributed by atoms with Crippen LogP contribution in [0.2, 0.25) is 0 Å². The summed E-state index contributed by atoms with van der Waals surface area (Å²) in [5, 5.41) is 9.51. The minimum Gasteiger partial charge on any atom is -0.504 e. The number of benzene rings is 1. The molecule has 0 saturated carbocycles. The molecule has 2 heteroatoms. The van der Waals surface area contributed by atoms with E-state index in [1.165, 1.54) is 5.56 Å². The van der Waals surface area contributed by atoms with Gasteiger partial charge in [-0.15, -0.1) is 0 Å². The average Bonchev–Trinajstić information content (AvgIpc) is 2.18. The molecule has 15 heavy (non-hydrogen) atoms. The van der Waals surface area contributed by atoms with Gasteiger partial charge < -0.3 is 9.84 Å². The minimum absolute atomic E-state index is 0.0843. The Morgan fingerprint density at radius 2 is 1.87 bits per heavy atom. The number of rotatable bonds is 3. The van der Waals surface area contributed by atoms with Crippen LogP contribution in [0, 0.1) is 5.92 Å². The SMILES string of the molecule is COc1cc(C(C)(C)C(C)C)ccc1O. The van der Waals surface area contributed by atoms with E-state index in [9.17, 15) is 5.11 Å². The molecule has 0 fully saturated rings. The molecule has 0 spiro atoms. The van der Waals surface area contributed by atoms with Crippen LogP contribution in [0.25, 0.3) is 0 Å². The Morgan fingerprint density at radius 3 is 2.33 bits per heavy atom. The molecule has 1 aromatic carbocycles. The van der Waals surface area contributed by atoms with Crippen molar-refractivity contribution in [1.29, 1.82) is 0 Å². The first-order chi connectivity index (χ1) is 6.89. The fourth-order valence-corrected chi connectivity index (χ4v) is 1.41. The Labute approximate surface area is 91.9 Å². The van der Waals surface area contributed by atoms with Gasteiger partial charge in [-0.05, 0) is 29.0 Å². The molecule has 84 valence electrons. The topological polar surface area (TPSA) is 29.5 Å². The highest BCUT2D eigenvalue weighted by Crippen LogP contribution is 2.36. The van der Waals surface area contributed by atoms with Gasteiger partial charge in [0, 0.05) is 0 Å². The number of hydrogen-bond donors (Lipinski definition) is 1. The van der Waals surface area contributed by atoms with Crippen molar-refractivity contribution >= 4 is 0 Å². The van der Waals surface area contributed by atoms with Gasteiger partial charge in [-0.25, -0.2) is 0 Å². The van der Waals surface area contributed by atoms with Crippen molar-refractivity contribution in [2.45, 2.75) is 33.1 Å². The van der Waals surface area contributed by atoms with Crippen LogP contribution in [0.3, 0.4) is 0 Å². The second-order valence-electron chi connectivity index (χ2n) is 4.76. The third-order valence-corrected chi connectivity index (χ3v) is 3.37. The van der Waals surface area contributed by atoms with Crippen LogP contribution >= 0.6 is 0 Å². The zero-order valence-corrected chi connectivity index (χ0v) is 10.2. The van der Waals surface area contributed by atoms with Crippen molar-refractivity contribution in [3.05, 3.63) is 23.8 Å². The van der Waals surface area contributed by atoms with Crippen LogP contribution in [0.5, 0.6) is 11.5 Å². The summed E-state index contributed by atoms with van der Waals surface area (Å²) in [6, 6.07) is 5.56. The van der Waals surface area contributed by atoms with Gasteiger partial charge in [-0.1, -0.05) is 33.8 Å². The van der Waals surface area contributed by atoms with E-state index in [2.05, 4.69) is 27.7 Å². The largest absolute Gasteiger partial charge is 0.504 e. The first-order valence-corrected chi connectivity index (χ1v) is 5.27. The molecule has 0 amide bonds. The molecule has 0 aromatic heterocycles. The van der Waals surface area contributed by atoms with E-state index in [1.807, 2.05) is 12.1 Å². The molecule has 0 heterocycles. The van der Waals surface area contributed by atoms with Gasteiger partial charge in [0.2, 0.25) is 0 Å². The Morgan fingerprint density at radius 1 is 1.27 bits per heavy atom. The number of phenolic OH excluding ortho intramolecular Hbond substituents is 1. The van der Waals surface area contributed by atoms with Gasteiger partial charge in [-0.3, -0.25) is 0 Å². The van der Waals surface area contributed by atoms with Crippen molar-refractivity contribution in [1.82, 2.24) is 0 Å². The minimum atomic E-state index is 0.0843. The molecule has 0 bridgehead atoms. The first-order valence-electron chi connectivity index (χ1n) is 5.27. The maximum absolute atomic E-state index is 9.51. The molecule has 0 aliphatic heterocycles. The van der Waals surface area contributed by atoms with E-state index in [-0.39, 0.29) is 11.2 Å². The lowest BCUT2D eigenvalue weighted by atomic mass is 9.75. The zero-order chi connectivity index (χ0) is 11.6. The summed E-state index contributed by atoms with van der Waals surface area (Å²) in [4.78, 5) is 0. The highest BCUT2D eigenvalue weighted by atomic mass is 16.5. The van der Waals surface area contributed by atoms with E-state index in [4.69, 9.17) is 4.74 Å². The predicted octanol–water partition coefficient (Wildman–Crippen LogP) is 3.33. The molecule has 0 unspecified atom stereocenters. The molecule has 0 aliphatic rings. The van der Waals surface area contributed by atoms with E-state index in [0.29, 0.717) is 11.7 Å². The van der Waals surface area contributed by atoms with Crippen LogP contribution in [0.1, 0.15) is 33.3 Å². The van der Waals surface area contributed by atoms with Crippen LogP contribution in [0.4, 0.5) is 0 Å². The second-order valence-corrected chi connectivity index (χ2v) is 4.76. The average molecular weight is 208 g/mol. The summed E-state index contributed by atoms with van der Waals surface area (Å²) >= 11 is 0. The summed E-state index contributed by atoms with van der Waals surface area (Å²) in [5.74, 6) is 1.27. The van der Waals surface area contributed by atoms with Gasteiger partial charge >= 0.3 is 0 Å². The summed E-state index contributed by atoms with van der Waals surface area (Å²) < 4.78 is 5.11. The molecular weight excluding hydrogens is 188 g/mol. The number of ether oxygens (including phenoxy) is 1. The zero-order valence-electron chi connectivity index (χ0n) is 10.2. The van der Waals surface area contributed by atoms with Crippen molar-refractivity contribution in [2.24, 2.45) is 5.92 Å².